The molecule has 1 aliphatic heterocycles. The highest BCUT2D eigenvalue weighted by Crippen LogP contribution is 2.40. The normalized spacial score (nSPS) is 29.9. The largest absolute Gasteiger partial charge is 0.481 e. The molecule has 92 valence electrons. The third-order valence-corrected chi connectivity index (χ3v) is 4.14. The highest BCUT2D eigenvalue weighted by molar-refractivity contribution is 8.01. The predicted octanol–water partition coefficient (Wildman–Crippen LogP) is -0.426. The molecule has 0 amide bonds. The van der Waals surface area contributed by atoms with Gasteiger partial charge < -0.3 is 15.3 Å². The van der Waals surface area contributed by atoms with Gasteiger partial charge in [0.05, 0.1) is 12.0 Å². The van der Waals surface area contributed by atoms with Gasteiger partial charge in [0.1, 0.15) is 12.0 Å². The molecule has 0 aromatic heterocycles. The van der Waals surface area contributed by atoms with Crippen LogP contribution in [0.3, 0.4) is 0 Å². The Kier molecular flexibility index (Phi) is 3.82. The molecule has 0 bridgehead atoms. The van der Waals surface area contributed by atoms with Gasteiger partial charge in [-0.3, -0.25) is 14.9 Å². The number of thioether (sulfide) groups is 1. The number of rotatable bonds is 4. The lowest BCUT2D eigenvalue weighted by Crippen LogP contribution is -2.47. The van der Waals surface area contributed by atoms with Crippen LogP contribution in [0.4, 0.5) is 0 Å². The quantitative estimate of drug-likeness (QED) is 0.535. The van der Waals surface area contributed by atoms with E-state index < -0.39 is 40.6 Å². The van der Waals surface area contributed by atoms with Crippen molar-refractivity contribution in [2.45, 2.75) is 30.0 Å². The van der Waals surface area contributed by atoms with Gasteiger partial charge in [-0.05, 0) is 13.8 Å². The van der Waals surface area contributed by atoms with E-state index in [1.54, 1.807) is 13.8 Å². The lowest BCUT2D eigenvalue weighted by molar-refractivity contribution is -0.144. The first-order valence-electron chi connectivity index (χ1n) is 4.80. The molecule has 0 saturated carbocycles. The number of hydrogen-bond donors (Lipinski definition) is 4. The highest BCUT2D eigenvalue weighted by atomic mass is 32.2. The summed E-state index contributed by atoms with van der Waals surface area (Å²) in [5.41, 5.74) is 0. The van der Waals surface area contributed by atoms with Crippen LogP contribution in [-0.4, -0.2) is 50.0 Å². The maximum absolute atomic E-state index is 11.0. The zero-order chi connectivity index (χ0) is 12.5. The predicted molar refractivity (Wildman–Crippen MR) is 58.2 cm³/mol. The summed E-state index contributed by atoms with van der Waals surface area (Å²) in [7, 11) is 0. The van der Waals surface area contributed by atoms with Crippen LogP contribution < -0.4 is 5.32 Å². The van der Waals surface area contributed by atoms with Gasteiger partial charge in [0, 0.05) is 4.75 Å². The molecule has 7 heteroatoms. The fourth-order valence-corrected chi connectivity index (χ4v) is 3.19. The minimum atomic E-state index is -1.13. The van der Waals surface area contributed by atoms with E-state index in [-0.39, 0.29) is 0 Å². The van der Waals surface area contributed by atoms with E-state index in [1.165, 1.54) is 11.8 Å². The second-order valence-corrected chi connectivity index (χ2v) is 6.00. The first-order chi connectivity index (χ1) is 7.29. The summed E-state index contributed by atoms with van der Waals surface area (Å²) in [5.74, 6) is -3.13. The minimum absolute atomic E-state index is 0.511. The van der Waals surface area contributed by atoms with Gasteiger partial charge in [-0.25, -0.2) is 0 Å². The Hall–Kier alpha value is -0.790. The fraction of sp³-hybridized carbons (Fsp3) is 0.778. The molecule has 1 saturated heterocycles. The van der Waals surface area contributed by atoms with Crippen LogP contribution in [0.5, 0.6) is 0 Å². The number of carboxylic acid groups (broad SMARTS) is 2. The lowest BCUT2D eigenvalue weighted by atomic mass is 10.0. The number of aliphatic hydroxyl groups excluding tert-OH is 1. The van der Waals surface area contributed by atoms with Crippen molar-refractivity contribution in [3.63, 3.8) is 0 Å². The van der Waals surface area contributed by atoms with Crippen molar-refractivity contribution in [3.05, 3.63) is 0 Å². The van der Waals surface area contributed by atoms with Gasteiger partial charge in [-0.2, -0.15) is 0 Å². The first-order valence-corrected chi connectivity index (χ1v) is 5.68. The topological polar surface area (TPSA) is 107 Å². The first kappa shape index (κ1) is 13.3. The maximum atomic E-state index is 11.0. The number of nitrogens with one attached hydrogen (secondary N) is 1. The standard InChI is InChI=1S/C9H15NO5S/c1-9(2)5(8(14)15)10-6(16-9)4(3-11)7(12)13/h4-6,10-11H,3H2,1-2H3,(H,12,13)(H,14,15). The number of carboxylic acids is 2. The van der Waals surface area contributed by atoms with E-state index in [4.69, 9.17) is 15.3 Å². The fourth-order valence-electron chi connectivity index (χ4n) is 1.66. The summed E-state index contributed by atoms with van der Waals surface area (Å²) < 4.78 is -0.598. The van der Waals surface area contributed by atoms with Crippen molar-refractivity contribution < 1.29 is 24.9 Å². The number of aliphatic carboxylic acids is 2. The Labute approximate surface area is 97.0 Å². The zero-order valence-corrected chi connectivity index (χ0v) is 9.82. The summed E-state index contributed by atoms with van der Waals surface area (Å²) >= 11 is 1.23. The minimum Gasteiger partial charge on any atom is -0.481 e. The van der Waals surface area contributed by atoms with Crippen LogP contribution >= 0.6 is 11.8 Å². The number of carbonyl (C=O) groups is 2. The molecule has 6 nitrogen and oxygen atoms in total. The van der Waals surface area contributed by atoms with Crippen molar-refractivity contribution in [1.82, 2.24) is 5.32 Å². The Bertz CT molecular complexity index is 306. The summed E-state index contributed by atoms with van der Waals surface area (Å²) in [5, 5.41) is 29.0. The molecular weight excluding hydrogens is 234 g/mol. The van der Waals surface area contributed by atoms with Crippen LogP contribution in [0.25, 0.3) is 0 Å². The molecule has 4 N–H and O–H groups in total. The van der Waals surface area contributed by atoms with Gasteiger partial charge >= 0.3 is 11.9 Å². The highest BCUT2D eigenvalue weighted by Gasteiger charge is 2.48. The number of hydrogen-bond acceptors (Lipinski definition) is 5. The molecule has 1 rings (SSSR count). The monoisotopic (exact) mass is 249 g/mol. The van der Waals surface area contributed by atoms with Crippen LogP contribution in [0, 0.1) is 5.92 Å². The third-order valence-electron chi connectivity index (χ3n) is 2.58. The Morgan fingerprint density at radius 1 is 1.44 bits per heavy atom. The Morgan fingerprint density at radius 3 is 2.31 bits per heavy atom. The van der Waals surface area contributed by atoms with Crippen LogP contribution in [0.1, 0.15) is 13.8 Å². The second kappa shape index (κ2) is 4.60. The van der Waals surface area contributed by atoms with E-state index >= 15 is 0 Å². The van der Waals surface area contributed by atoms with Gasteiger partial charge in [-0.1, -0.05) is 0 Å². The Balaban J connectivity index is 2.82. The van der Waals surface area contributed by atoms with Crippen LogP contribution in [0.2, 0.25) is 0 Å². The van der Waals surface area contributed by atoms with Gasteiger partial charge in [-0.15, -0.1) is 11.8 Å². The molecule has 16 heavy (non-hydrogen) atoms. The molecule has 0 aliphatic carbocycles. The SMILES string of the molecule is CC1(C)SC(C(CO)C(=O)O)NC1C(=O)O. The van der Waals surface area contributed by atoms with E-state index in [2.05, 4.69) is 5.32 Å². The molecule has 0 aromatic rings. The second-order valence-electron chi connectivity index (χ2n) is 4.21. The summed E-state index contributed by atoms with van der Waals surface area (Å²) in [6.45, 7) is 2.96. The van der Waals surface area contributed by atoms with Crippen LogP contribution in [-0.2, 0) is 9.59 Å². The zero-order valence-electron chi connectivity index (χ0n) is 9.01. The van der Waals surface area contributed by atoms with Gasteiger partial charge in [0.25, 0.3) is 0 Å². The molecule has 1 aliphatic rings. The molecule has 0 spiro atoms. The van der Waals surface area contributed by atoms with Crippen LogP contribution in [0.15, 0.2) is 0 Å². The average molecular weight is 249 g/mol. The van der Waals surface area contributed by atoms with E-state index in [1.807, 2.05) is 0 Å². The molecule has 0 radical (unpaired) electrons. The molecule has 3 unspecified atom stereocenters. The summed E-state index contributed by atoms with van der Waals surface area (Å²) in [6, 6.07) is -0.809. The smallest absolute Gasteiger partial charge is 0.322 e. The number of aliphatic hydroxyl groups is 1. The average Bonchev–Trinajstić information content (AvgIpc) is 2.41. The van der Waals surface area contributed by atoms with E-state index in [9.17, 15) is 9.59 Å². The summed E-state index contributed by atoms with van der Waals surface area (Å²) in [4.78, 5) is 21.8. The van der Waals surface area contributed by atoms with Crippen molar-refractivity contribution in [2.75, 3.05) is 6.61 Å². The van der Waals surface area contributed by atoms with E-state index in [0.29, 0.717) is 0 Å². The van der Waals surface area contributed by atoms with Gasteiger partial charge in [0.15, 0.2) is 0 Å². The van der Waals surface area contributed by atoms with Crippen molar-refractivity contribution in [3.8, 4) is 0 Å². The molecule has 1 heterocycles. The third kappa shape index (κ3) is 2.47. The van der Waals surface area contributed by atoms with Crippen molar-refractivity contribution in [2.24, 2.45) is 5.92 Å². The van der Waals surface area contributed by atoms with Gasteiger partial charge in [0.2, 0.25) is 0 Å². The Morgan fingerprint density at radius 2 is 2.00 bits per heavy atom. The molecule has 0 aromatic carbocycles. The molecular formula is C9H15NO5S. The summed E-state index contributed by atoms with van der Waals surface area (Å²) in [6.07, 6.45) is 0. The van der Waals surface area contributed by atoms with Crippen molar-refractivity contribution >= 4 is 23.7 Å². The lowest BCUT2D eigenvalue weighted by Gasteiger charge is -2.21. The maximum Gasteiger partial charge on any atom is 0.322 e. The van der Waals surface area contributed by atoms with Crippen molar-refractivity contribution in [1.29, 1.82) is 0 Å². The van der Waals surface area contributed by atoms with E-state index in [0.717, 1.165) is 0 Å². The molecule has 1 fully saturated rings. The molecule has 3 atom stereocenters.